The first-order valence-electron chi connectivity index (χ1n) is 12.2. The van der Waals surface area contributed by atoms with Crippen LogP contribution in [0.15, 0.2) is 54.6 Å². The first kappa shape index (κ1) is 25.0. The molecule has 1 radical (unpaired) electrons. The van der Waals surface area contributed by atoms with Crippen LogP contribution in [0.3, 0.4) is 0 Å². The van der Waals surface area contributed by atoms with Gasteiger partial charge in [0.15, 0.2) is 0 Å². The van der Waals surface area contributed by atoms with E-state index in [-0.39, 0.29) is 6.61 Å². The van der Waals surface area contributed by atoms with Crippen LogP contribution in [-0.4, -0.2) is 10.2 Å². The summed E-state index contributed by atoms with van der Waals surface area (Å²) in [4.78, 5) is 0. The lowest BCUT2D eigenvalue weighted by molar-refractivity contribution is 0.0283. The van der Waals surface area contributed by atoms with Crippen molar-refractivity contribution in [2.24, 2.45) is 0 Å². The topological polar surface area (TPSA) is 49.7 Å². The van der Waals surface area contributed by atoms with Gasteiger partial charge in [0.05, 0.1) is 12.2 Å². The Labute approximate surface area is 199 Å². The fourth-order valence-electron chi connectivity index (χ4n) is 4.40. The quantitative estimate of drug-likeness (QED) is 0.343. The van der Waals surface area contributed by atoms with Gasteiger partial charge in [-0.2, -0.15) is 0 Å². The Bertz CT molecular complexity index is 1050. The predicted molar refractivity (Wildman–Crippen MR) is 135 cm³/mol. The van der Waals surface area contributed by atoms with E-state index in [1.165, 1.54) is 22.3 Å². The molecule has 0 bridgehead atoms. The second-order valence-electron chi connectivity index (χ2n) is 8.70. The molecule has 2 N–H and O–H groups in total. The van der Waals surface area contributed by atoms with Gasteiger partial charge in [-0.3, -0.25) is 0 Å². The van der Waals surface area contributed by atoms with Gasteiger partial charge >= 0.3 is 0 Å². The van der Waals surface area contributed by atoms with E-state index < -0.39 is 5.60 Å². The van der Waals surface area contributed by atoms with Gasteiger partial charge in [-0.15, -0.1) is 0 Å². The van der Waals surface area contributed by atoms with Gasteiger partial charge in [0, 0.05) is 0 Å². The number of aliphatic hydroxyl groups excluding tert-OH is 1. The summed E-state index contributed by atoms with van der Waals surface area (Å²) in [6, 6.07) is 21.5. The van der Waals surface area contributed by atoms with Crippen molar-refractivity contribution in [1.29, 1.82) is 0 Å². The highest BCUT2D eigenvalue weighted by molar-refractivity contribution is 5.73. The van der Waals surface area contributed by atoms with Crippen molar-refractivity contribution in [3.63, 3.8) is 0 Å². The van der Waals surface area contributed by atoms with Crippen molar-refractivity contribution in [1.82, 2.24) is 0 Å². The molecule has 0 aliphatic heterocycles. The van der Waals surface area contributed by atoms with Crippen LogP contribution in [0, 0.1) is 6.07 Å². The van der Waals surface area contributed by atoms with Gasteiger partial charge in [0.2, 0.25) is 0 Å². The molecule has 3 heteroatoms. The molecule has 3 aromatic carbocycles. The van der Waals surface area contributed by atoms with Crippen molar-refractivity contribution in [2.75, 3.05) is 0 Å². The summed E-state index contributed by atoms with van der Waals surface area (Å²) in [7, 11) is 0. The van der Waals surface area contributed by atoms with Crippen molar-refractivity contribution >= 4 is 0 Å². The van der Waals surface area contributed by atoms with Crippen LogP contribution in [0.2, 0.25) is 0 Å². The highest BCUT2D eigenvalue weighted by Crippen LogP contribution is 2.36. The van der Waals surface area contributed by atoms with Crippen molar-refractivity contribution < 1.29 is 14.9 Å². The molecule has 3 aromatic rings. The molecule has 0 spiro atoms. The van der Waals surface area contributed by atoms with Crippen LogP contribution in [-0.2, 0) is 31.7 Å². The molecular formula is C30H37O3. The third-order valence-electron chi connectivity index (χ3n) is 6.59. The SMILES string of the molecule is CCCc1cc(C(O)(CC)CC)ccc1-c1cc(OCc2cc[c]c(CO)c2)ccc1CC. The molecule has 0 heterocycles. The molecular weight excluding hydrogens is 408 g/mol. The summed E-state index contributed by atoms with van der Waals surface area (Å²) < 4.78 is 6.13. The Morgan fingerprint density at radius 2 is 1.67 bits per heavy atom. The van der Waals surface area contributed by atoms with Gasteiger partial charge in [-0.25, -0.2) is 0 Å². The second-order valence-corrected chi connectivity index (χ2v) is 8.70. The lowest BCUT2D eigenvalue weighted by Crippen LogP contribution is -2.23. The highest BCUT2D eigenvalue weighted by Gasteiger charge is 2.25. The smallest absolute Gasteiger partial charge is 0.120 e. The number of aliphatic hydroxyl groups is 2. The molecule has 3 rings (SSSR count). The monoisotopic (exact) mass is 445 g/mol. The standard InChI is InChI=1S/C30H37O3/c1-5-10-25-18-26(30(32,7-3)8-4)14-16-28(25)29-19-27(15-13-24(29)6-2)33-21-23-12-9-11-22(17-23)20-31/h9,12-19,31-32H,5-8,10,20-21H2,1-4H3. The van der Waals surface area contributed by atoms with Crippen LogP contribution in [0.1, 0.15) is 74.8 Å². The molecule has 0 aliphatic rings. The van der Waals surface area contributed by atoms with Crippen LogP contribution < -0.4 is 4.74 Å². The molecule has 0 atom stereocenters. The van der Waals surface area contributed by atoms with E-state index in [9.17, 15) is 10.2 Å². The van der Waals surface area contributed by atoms with Crippen LogP contribution in [0.4, 0.5) is 0 Å². The van der Waals surface area contributed by atoms with E-state index in [4.69, 9.17) is 4.74 Å². The fourth-order valence-corrected chi connectivity index (χ4v) is 4.40. The lowest BCUT2D eigenvalue weighted by atomic mass is 9.84. The van der Waals surface area contributed by atoms with E-state index in [2.05, 4.69) is 50.2 Å². The van der Waals surface area contributed by atoms with Crippen LogP contribution in [0.5, 0.6) is 5.75 Å². The largest absolute Gasteiger partial charge is 0.489 e. The number of ether oxygens (including phenoxy) is 1. The summed E-state index contributed by atoms with van der Waals surface area (Å²) in [6.45, 7) is 8.87. The number of hydrogen-bond donors (Lipinski definition) is 2. The van der Waals surface area contributed by atoms with Crippen LogP contribution >= 0.6 is 0 Å². The molecule has 0 aliphatic carbocycles. The van der Waals surface area contributed by atoms with Crippen molar-refractivity contribution in [3.8, 4) is 16.9 Å². The van der Waals surface area contributed by atoms with E-state index in [1.54, 1.807) is 0 Å². The average molecular weight is 446 g/mol. The van der Waals surface area contributed by atoms with Crippen molar-refractivity contribution in [3.05, 3.63) is 88.5 Å². The number of hydrogen-bond acceptors (Lipinski definition) is 3. The molecule has 0 amide bonds. The van der Waals surface area contributed by atoms with Gasteiger partial charge < -0.3 is 14.9 Å². The van der Waals surface area contributed by atoms with Gasteiger partial charge in [-0.1, -0.05) is 70.5 Å². The molecule has 0 unspecified atom stereocenters. The maximum absolute atomic E-state index is 11.1. The van der Waals surface area contributed by atoms with Gasteiger partial charge in [0.25, 0.3) is 0 Å². The van der Waals surface area contributed by atoms with E-state index >= 15 is 0 Å². The van der Waals surface area contributed by atoms with Crippen molar-refractivity contribution in [2.45, 2.75) is 78.6 Å². The first-order valence-corrected chi connectivity index (χ1v) is 12.2. The summed E-state index contributed by atoms with van der Waals surface area (Å²) >= 11 is 0. The number of rotatable bonds is 11. The Hall–Kier alpha value is -2.62. The minimum Gasteiger partial charge on any atom is -0.489 e. The predicted octanol–water partition coefficient (Wildman–Crippen LogP) is 6.75. The Morgan fingerprint density at radius 1 is 0.879 bits per heavy atom. The summed E-state index contributed by atoms with van der Waals surface area (Å²) in [5, 5.41) is 20.4. The minimum absolute atomic E-state index is 0.0232. The third kappa shape index (κ3) is 5.85. The first-order chi connectivity index (χ1) is 16.0. The molecule has 0 saturated carbocycles. The van der Waals surface area contributed by atoms with E-state index in [0.29, 0.717) is 19.4 Å². The Kier molecular flexibility index (Phi) is 8.71. The lowest BCUT2D eigenvalue weighted by Gasteiger charge is -2.27. The molecule has 3 nitrogen and oxygen atoms in total. The molecule has 0 saturated heterocycles. The van der Waals surface area contributed by atoms with E-state index in [0.717, 1.165) is 41.7 Å². The molecule has 175 valence electrons. The van der Waals surface area contributed by atoms with Crippen LogP contribution in [0.25, 0.3) is 11.1 Å². The summed E-state index contributed by atoms with van der Waals surface area (Å²) in [5.74, 6) is 0.825. The molecule has 0 aromatic heterocycles. The number of benzene rings is 3. The second kappa shape index (κ2) is 11.5. The summed E-state index contributed by atoms with van der Waals surface area (Å²) in [6.07, 6.45) is 4.35. The Morgan fingerprint density at radius 3 is 2.33 bits per heavy atom. The fraction of sp³-hybridized carbons (Fsp3) is 0.400. The number of aryl methyl sites for hydroxylation is 2. The maximum atomic E-state index is 11.1. The average Bonchev–Trinajstić information content (AvgIpc) is 2.87. The normalized spacial score (nSPS) is 11.6. The van der Waals surface area contributed by atoms with Gasteiger partial charge in [-0.05, 0) is 88.9 Å². The molecule has 0 fully saturated rings. The summed E-state index contributed by atoms with van der Waals surface area (Å²) in [5.41, 5.74) is 6.97. The zero-order valence-corrected chi connectivity index (χ0v) is 20.4. The zero-order chi connectivity index (χ0) is 23.8. The molecule has 33 heavy (non-hydrogen) atoms. The highest BCUT2D eigenvalue weighted by atomic mass is 16.5. The Balaban J connectivity index is 1.96. The minimum atomic E-state index is -0.778. The zero-order valence-electron chi connectivity index (χ0n) is 20.4. The van der Waals surface area contributed by atoms with E-state index in [1.807, 2.05) is 38.1 Å². The maximum Gasteiger partial charge on any atom is 0.120 e. The van der Waals surface area contributed by atoms with Gasteiger partial charge in [0.1, 0.15) is 12.4 Å². The third-order valence-corrected chi connectivity index (χ3v) is 6.59.